The maximum Gasteiger partial charge on any atom is 0.144 e. The Hall–Kier alpha value is -6.42. The summed E-state index contributed by atoms with van der Waals surface area (Å²) in [5, 5.41) is 4.74. The fraction of sp³-hybridized carbons (Fsp3) is 0. The molecule has 0 saturated carbocycles. The third kappa shape index (κ3) is 5.01. The molecule has 0 aliphatic heterocycles. The molecule has 8 aromatic carbocycles. The third-order valence-electron chi connectivity index (χ3n) is 9.89. The van der Waals surface area contributed by atoms with E-state index in [0.717, 1.165) is 39.0 Å². The molecule has 2 heterocycles. The van der Waals surface area contributed by atoms with Crippen LogP contribution in [0.1, 0.15) is 0 Å². The Morgan fingerprint density at radius 2 is 0.902 bits per heavy atom. The van der Waals surface area contributed by atoms with E-state index in [1.54, 1.807) is 0 Å². The van der Waals surface area contributed by atoms with Crippen LogP contribution in [0.2, 0.25) is 0 Å². The molecule has 10 aromatic rings. The number of anilines is 3. The second kappa shape index (κ2) is 12.2. The summed E-state index contributed by atoms with van der Waals surface area (Å²) in [6, 6.07) is 67.2. The van der Waals surface area contributed by atoms with Gasteiger partial charge < -0.3 is 9.32 Å². The number of fused-ring (bicyclic) bond motifs is 7. The fourth-order valence-corrected chi connectivity index (χ4v) is 8.73. The highest BCUT2D eigenvalue weighted by molar-refractivity contribution is 7.26. The van der Waals surface area contributed by atoms with E-state index in [-0.39, 0.29) is 0 Å². The summed E-state index contributed by atoms with van der Waals surface area (Å²) >= 11 is 1.84. The van der Waals surface area contributed by atoms with Gasteiger partial charge in [-0.25, -0.2) is 0 Å². The molecule has 0 N–H and O–H groups in total. The molecule has 0 spiro atoms. The molecule has 10 rings (SSSR count). The molecular weight excluding hydrogens is 639 g/mol. The van der Waals surface area contributed by atoms with Crippen LogP contribution in [0.5, 0.6) is 0 Å². The van der Waals surface area contributed by atoms with E-state index in [1.807, 2.05) is 17.4 Å². The predicted octanol–water partition coefficient (Wildman–Crippen LogP) is 14.4. The lowest BCUT2D eigenvalue weighted by molar-refractivity contribution is 0.673. The molecular formula is C48H31NOS. The van der Waals surface area contributed by atoms with Crippen molar-refractivity contribution < 1.29 is 4.42 Å². The zero-order chi connectivity index (χ0) is 33.7. The maximum atomic E-state index is 6.54. The topological polar surface area (TPSA) is 16.4 Å². The molecule has 0 fully saturated rings. The SMILES string of the molecule is c1ccc(-c2ccccc2-c2ccc(N(c3ccccc3)c3ccc(-c4cc5c6ccccc6oc5c5c4sc4ccccc45)cc3)cc2)cc1. The lowest BCUT2D eigenvalue weighted by Gasteiger charge is -2.26. The van der Waals surface area contributed by atoms with Crippen LogP contribution < -0.4 is 4.90 Å². The standard InChI is InChI=1S/C48H31NOS/c1-3-13-32(14-4-1)38-17-7-8-18-39(38)33-23-27-36(28-24-33)49(35-15-5-2-6-16-35)37-29-25-34(26-30-37)42-31-43-40-19-9-11-21-44(40)50-47(43)46-41-20-10-12-22-45(41)51-48(42)46/h1-31H. The van der Waals surface area contributed by atoms with Crippen LogP contribution in [0.25, 0.3) is 75.5 Å². The number of rotatable bonds is 6. The minimum absolute atomic E-state index is 0.921. The summed E-state index contributed by atoms with van der Waals surface area (Å²) in [6.45, 7) is 0. The molecule has 3 heteroatoms. The Morgan fingerprint density at radius 3 is 1.59 bits per heavy atom. The monoisotopic (exact) mass is 669 g/mol. The largest absolute Gasteiger partial charge is 0.455 e. The number of thiophene rings is 1. The summed E-state index contributed by atoms with van der Waals surface area (Å²) < 4.78 is 9.06. The Kier molecular flexibility index (Phi) is 7.04. The van der Waals surface area contributed by atoms with Gasteiger partial charge in [-0.2, -0.15) is 0 Å². The van der Waals surface area contributed by atoms with Crippen molar-refractivity contribution in [3.8, 4) is 33.4 Å². The van der Waals surface area contributed by atoms with Gasteiger partial charge in [-0.05, 0) is 82.4 Å². The van der Waals surface area contributed by atoms with Gasteiger partial charge in [0.2, 0.25) is 0 Å². The summed E-state index contributed by atoms with van der Waals surface area (Å²) in [5.41, 5.74) is 12.5. The van der Waals surface area contributed by atoms with Crippen LogP contribution in [-0.2, 0) is 0 Å². The van der Waals surface area contributed by atoms with Gasteiger partial charge in [-0.3, -0.25) is 0 Å². The normalized spacial score (nSPS) is 11.5. The van der Waals surface area contributed by atoms with Crippen LogP contribution in [0.3, 0.4) is 0 Å². The fourth-order valence-electron chi connectivity index (χ4n) is 7.49. The van der Waals surface area contributed by atoms with Gasteiger partial charge in [0.15, 0.2) is 0 Å². The summed E-state index contributed by atoms with van der Waals surface area (Å²) in [4.78, 5) is 2.33. The first-order valence-corrected chi connectivity index (χ1v) is 18.1. The molecule has 2 nitrogen and oxygen atoms in total. The third-order valence-corrected chi connectivity index (χ3v) is 11.1. The molecule has 240 valence electrons. The number of benzene rings is 8. The van der Waals surface area contributed by atoms with Crippen LogP contribution in [0.4, 0.5) is 17.1 Å². The maximum absolute atomic E-state index is 6.54. The number of hydrogen-bond acceptors (Lipinski definition) is 3. The highest BCUT2D eigenvalue weighted by atomic mass is 32.1. The van der Waals surface area contributed by atoms with E-state index < -0.39 is 0 Å². The van der Waals surface area contributed by atoms with Gasteiger partial charge in [0.25, 0.3) is 0 Å². The Morgan fingerprint density at radius 1 is 0.392 bits per heavy atom. The molecule has 0 aliphatic rings. The predicted molar refractivity (Wildman–Crippen MR) is 218 cm³/mol. The van der Waals surface area contributed by atoms with Crippen molar-refractivity contribution in [3.63, 3.8) is 0 Å². The van der Waals surface area contributed by atoms with E-state index in [0.29, 0.717) is 0 Å². The van der Waals surface area contributed by atoms with E-state index >= 15 is 0 Å². The zero-order valence-corrected chi connectivity index (χ0v) is 28.5. The number of nitrogens with zero attached hydrogens (tertiary/aromatic N) is 1. The highest BCUT2D eigenvalue weighted by Crippen LogP contribution is 2.47. The van der Waals surface area contributed by atoms with Crippen LogP contribution in [-0.4, -0.2) is 0 Å². The molecule has 51 heavy (non-hydrogen) atoms. The number of hydrogen-bond donors (Lipinski definition) is 0. The van der Waals surface area contributed by atoms with Crippen molar-refractivity contribution >= 4 is 70.5 Å². The minimum atomic E-state index is 0.921. The summed E-state index contributed by atoms with van der Waals surface area (Å²) in [6.07, 6.45) is 0. The van der Waals surface area contributed by atoms with E-state index in [2.05, 4.69) is 187 Å². The van der Waals surface area contributed by atoms with Crippen molar-refractivity contribution in [1.29, 1.82) is 0 Å². The first-order chi connectivity index (χ1) is 25.3. The van der Waals surface area contributed by atoms with Crippen LogP contribution in [0.15, 0.2) is 192 Å². The lowest BCUT2D eigenvalue weighted by atomic mass is 9.94. The van der Waals surface area contributed by atoms with E-state index in [4.69, 9.17) is 4.42 Å². The summed E-state index contributed by atoms with van der Waals surface area (Å²) in [7, 11) is 0. The van der Waals surface area contributed by atoms with Gasteiger partial charge in [0, 0.05) is 53.6 Å². The van der Waals surface area contributed by atoms with Crippen LogP contribution >= 0.6 is 11.3 Å². The molecule has 0 unspecified atom stereocenters. The van der Waals surface area contributed by atoms with Gasteiger partial charge in [0.1, 0.15) is 11.2 Å². The average molecular weight is 670 g/mol. The molecule has 0 radical (unpaired) electrons. The lowest BCUT2D eigenvalue weighted by Crippen LogP contribution is -2.09. The molecule has 0 bridgehead atoms. The number of para-hydroxylation sites is 2. The van der Waals surface area contributed by atoms with Crippen molar-refractivity contribution in [1.82, 2.24) is 0 Å². The minimum Gasteiger partial charge on any atom is -0.455 e. The molecule has 0 aliphatic carbocycles. The Bertz CT molecular complexity index is 2830. The highest BCUT2D eigenvalue weighted by Gasteiger charge is 2.20. The van der Waals surface area contributed by atoms with Crippen LogP contribution in [0, 0.1) is 0 Å². The van der Waals surface area contributed by atoms with Gasteiger partial charge in [-0.1, -0.05) is 133 Å². The molecule has 0 atom stereocenters. The van der Waals surface area contributed by atoms with E-state index in [1.165, 1.54) is 53.6 Å². The Labute approximate surface area is 300 Å². The Balaban J connectivity index is 1.08. The molecule has 2 aromatic heterocycles. The zero-order valence-electron chi connectivity index (χ0n) is 27.7. The molecule has 0 saturated heterocycles. The van der Waals surface area contributed by atoms with Gasteiger partial charge in [-0.15, -0.1) is 11.3 Å². The first kappa shape index (κ1) is 29.5. The smallest absolute Gasteiger partial charge is 0.144 e. The second-order valence-corrected chi connectivity index (χ2v) is 13.9. The van der Waals surface area contributed by atoms with Gasteiger partial charge in [0.05, 0.1) is 0 Å². The van der Waals surface area contributed by atoms with Crippen molar-refractivity contribution in [2.75, 3.05) is 4.90 Å². The quantitative estimate of drug-likeness (QED) is 0.175. The van der Waals surface area contributed by atoms with Gasteiger partial charge >= 0.3 is 0 Å². The number of furan rings is 1. The average Bonchev–Trinajstić information content (AvgIpc) is 3.78. The van der Waals surface area contributed by atoms with E-state index in [9.17, 15) is 0 Å². The van der Waals surface area contributed by atoms with Crippen molar-refractivity contribution in [2.45, 2.75) is 0 Å². The molecule has 0 amide bonds. The van der Waals surface area contributed by atoms with Crippen molar-refractivity contribution in [2.24, 2.45) is 0 Å². The summed E-state index contributed by atoms with van der Waals surface area (Å²) in [5.74, 6) is 0. The van der Waals surface area contributed by atoms with Crippen molar-refractivity contribution in [3.05, 3.63) is 188 Å². The second-order valence-electron chi connectivity index (χ2n) is 12.9. The first-order valence-electron chi connectivity index (χ1n) is 17.3.